The van der Waals surface area contributed by atoms with Gasteiger partial charge in [0, 0.05) is 12.8 Å². The molecule has 53 heavy (non-hydrogen) atoms. The van der Waals surface area contributed by atoms with E-state index < -0.39 is 72.0 Å². The second kappa shape index (κ2) is 13.4. The highest BCUT2D eigenvalue weighted by Gasteiger charge is 2.74. The SMILES string of the molecule is CC(C)(C)OC(=O)CC[C@@H](CO)NC(=O)[C@@]12C[C@H]3OC(=O)[C@@H]1N(Cc1cccc(C=C4CCC5O[C@]5(C)CC[C@@H]5[C@@H]4CC5(C)C)c1)O[C@@H]2[C@H]1OCO[C@H]13. The van der Waals surface area contributed by atoms with Crippen LogP contribution in [0.25, 0.3) is 6.08 Å². The molecular formula is C41H56N2O10. The molecule has 7 aliphatic rings. The standard InChI is InChI=1S/C41H56N2O10/c1-38(2,3)52-31(45)13-11-26(21-44)42-37(47)41-19-29-32-33(49-22-48-32)35(41)53-43(34(41)36(46)50-29)20-24-9-7-8-23(16-24)17-25-10-12-30-40(6,51-30)15-14-28-27(25)18-39(28,4)5/h7-9,16-17,26-30,32-35,44H,10-15,18-22H2,1-6H3,(H,42,47)/t26-,27+,28+,29+,30?,32-,33-,34-,35+,40+,41-/m0/s1. The van der Waals surface area contributed by atoms with E-state index in [0.717, 1.165) is 30.4 Å². The number of nitrogens with zero attached hydrogens (tertiary/aromatic N) is 1. The van der Waals surface area contributed by atoms with Crippen molar-refractivity contribution in [1.29, 1.82) is 0 Å². The van der Waals surface area contributed by atoms with Crippen LogP contribution in [0, 0.1) is 22.7 Å². The smallest absolute Gasteiger partial charge is 0.327 e. The van der Waals surface area contributed by atoms with Crippen molar-refractivity contribution in [1.82, 2.24) is 10.4 Å². The van der Waals surface area contributed by atoms with Crippen LogP contribution in [0.4, 0.5) is 0 Å². The molecule has 2 bridgehead atoms. The first-order chi connectivity index (χ1) is 25.1. The third-order valence-corrected chi connectivity index (χ3v) is 13.2. The van der Waals surface area contributed by atoms with Gasteiger partial charge in [0.1, 0.15) is 42.2 Å². The minimum atomic E-state index is -1.36. The van der Waals surface area contributed by atoms with Crippen molar-refractivity contribution in [2.45, 2.75) is 153 Å². The van der Waals surface area contributed by atoms with Crippen molar-refractivity contribution in [3.8, 4) is 0 Å². The number of fused-ring (bicyclic) bond motifs is 6. The van der Waals surface area contributed by atoms with Crippen molar-refractivity contribution in [2.75, 3.05) is 13.4 Å². The van der Waals surface area contributed by atoms with Crippen LogP contribution in [0.3, 0.4) is 0 Å². The molecule has 4 saturated heterocycles. The number of rotatable bonds is 9. The summed E-state index contributed by atoms with van der Waals surface area (Å²) in [6.45, 7) is 12.3. The van der Waals surface area contributed by atoms with Crippen LogP contribution in [-0.4, -0.2) is 95.2 Å². The molecular weight excluding hydrogens is 680 g/mol. The highest BCUT2D eigenvalue weighted by molar-refractivity contribution is 5.93. The number of carbonyl (C=O) groups excluding carboxylic acids is 3. The molecule has 290 valence electrons. The van der Waals surface area contributed by atoms with E-state index in [2.05, 4.69) is 44.3 Å². The fourth-order valence-electron chi connectivity index (χ4n) is 10.4. The van der Waals surface area contributed by atoms with Gasteiger partial charge in [-0.3, -0.25) is 19.2 Å². The number of amides is 1. The highest BCUT2D eigenvalue weighted by atomic mass is 16.8. The molecule has 3 aliphatic carbocycles. The van der Waals surface area contributed by atoms with Gasteiger partial charge in [-0.15, -0.1) is 0 Å². The number of hydrogen-bond donors (Lipinski definition) is 2. The summed E-state index contributed by atoms with van der Waals surface area (Å²) in [6, 6.07) is 6.51. The van der Waals surface area contributed by atoms with Gasteiger partial charge in [0.05, 0.1) is 30.9 Å². The Morgan fingerprint density at radius 3 is 2.68 bits per heavy atom. The largest absolute Gasteiger partial charge is 0.460 e. The van der Waals surface area contributed by atoms with Crippen molar-refractivity contribution in [3.63, 3.8) is 0 Å². The molecule has 4 heterocycles. The number of allylic oxidation sites excluding steroid dienone is 1. The number of nitrogens with one attached hydrogen (secondary N) is 1. The third kappa shape index (κ3) is 6.75. The van der Waals surface area contributed by atoms with Crippen LogP contribution in [0.5, 0.6) is 0 Å². The average Bonchev–Trinajstić information content (AvgIpc) is 3.37. The van der Waals surface area contributed by atoms with Crippen LogP contribution in [0.2, 0.25) is 0 Å². The number of esters is 2. The highest BCUT2D eigenvalue weighted by Crippen LogP contribution is 2.60. The Kier molecular flexibility index (Phi) is 9.38. The molecule has 7 fully saturated rings. The number of hydroxylamine groups is 2. The maximum Gasteiger partial charge on any atom is 0.327 e. The Bertz CT molecular complexity index is 1650. The predicted octanol–water partition coefficient (Wildman–Crippen LogP) is 4.60. The molecule has 1 unspecified atom stereocenters. The van der Waals surface area contributed by atoms with Crippen LogP contribution in [-0.2, 0) is 49.5 Å². The van der Waals surface area contributed by atoms with Gasteiger partial charge < -0.3 is 34.1 Å². The molecule has 1 aromatic carbocycles. The molecule has 11 atom stereocenters. The van der Waals surface area contributed by atoms with Crippen LogP contribution in [0.15, 0.2) is 29.8 Å². The summed E-state index contributed by atoms with van der Waals surface area (Å²) in [5, 5.41) is 14.8. The topological polar surface area (TPSA) is 145 Å². The fourth-order valence-corrected chi connectivity index (χ4v) is 10.4. The van der Waals surface area contributed by atoms with Gasteiger partial charge in [0.15, 0.2) is 6.04 Å². The van der Waals surface area contributed by atoms with Crippen molar-refractivity contribution in [3.05, 3.63) is 41.0 Å². The van der Waals surface area contributed by atoms with Gasteiger partial charge in [0.25, 0.3) is 0 Å². The maximum atomic E-state index is 14.5. The average molecular weight is 737 g/mol. The van der Waals surface area contributed by atoms with Gasteiger partial charge in [-0.05, 0) is 94.6 Å². The van der Waals surface area contributed by atoms with Gasteiger partial charge in [-0.1, -0.05) is 49.8 Å². The lowest BCUT2D eigenvalue weighted by Crippen LogP contribution is -2.70. The van der Waals surface area contributed by atoms with E-state index in [4.69, 9.17) is 28.5 Å². The lowest BCUT2D eigenvalue weighted by atomic mass is 9.52. The molecule has 2 N–H and O–H groups in total. The van der Waals surface area contributed by atoms with E-state index in [1.54, 1.807) is 25.8 Å². The number of hydrogen-bond acceptors (Lipinski definition) is 11. The van der Waals surface area contributed by atoms with Crippen molar-refractivity contribution in [2.24, 2.45) is 22.7 Å². The summed E-state index contributed by atoms with van der Waals surface area (Å²) in [6.07, 6.45) is 5.90. The molecule has 1 aromatic rings. The molecule has 0 radical (unpaired) electrons. The van der Waals surface area contributed by atoms with Gasteiger partial charge >= 0.3 is 11.9 Å². The zero-order chi connectivity index (χ0) is 37.5. The summed E-state index contributed by atoms with van der Waals surface area (Å²) in [5.41, 5.74) is 1.85. The Balaban J connectivity index is 1.03. The van der Waals surface area contributed by atoms with Crippen LogP contribution >= 0.6 is 0 Å². The molecule has 0 spiro atoms. The van der Waals surface area contributed by atoms with E-state index in [1.807, 2.05) is 12.1 Å². The monoisotopic (exact) mass is 736 g/mol. The molecule has 3 saturated carbocycles. The zero-order valence-electron chi connectivity index (χ0n) is 31.9. The van der Waals surface area contributed by atoms with Gasteiger partial charge in [-0.25, -0.2) is 0 Å². The Morgan fingerprint density at radius 2 is 1.92 bits per heavy atom. The van der Waals surface area contributed by atoms with Gasteiger partial charge in [0.2, 0.25) is 5.91 Å². The first kappa shape index (κ1) is 37.1. The molecule has 12 nitrogen and oxygen atoms in total. The number of carbonyl (C=O) groups is 3. The summed E-state index contributed by atoms with van der Waals surface area (Å²) in [7, 11) is 0. The zero-order valence-corrected chi connectivity index (χ0v) is 31.9. The molecule has 1 amide bonds. The summed E-state index contributed by atoms with van der Waals surface area (Å²) in [5.74, 6) is -0.220. The van der Waals surface area contributed by atoms with E-state index >= 15 is 0 Å². The predicted molar refractivity (Wildman–Crippen MR) is 191 cm³/mol. The van der Waals surface area contributed by atoms with Crippen molar-refractivity contribution < 1.29 is 48.0 Å². The fraction of sp³-hybridized carbons (Fsp3) is 0.732. The van der Waals surface area contributed by atoms with E-state index in [0.29, 0.717) is 23.4 Å². The molecule has 0 aromatic heterocycles. The molecule has 8 rings (SSSR count). The van der Waals surface area contributed by atoms with Crippen LogP contribution in [0.1, 0.15) is 104 Å². The van der Waals surface area contributed by atoms with E-state index in [-0.39, 0.29) is 38.2 Å². The van der Waals surface area contributed by atoms with E-state index in [9.17, 15) is 19.5 Å². The summed E-state index contributed by atoms with van der Waals surface area (Å²) < 4.78 is 29.4. The first-order valence-electron chi connectivity index (χ1n) is 19.6. The molecule has 4 aliphatic heterocycles. The first-order valence-corrected chi connectivity index (χ1v) is 19.6. The van der Waals surface area contributed by atoms with Crippen molar-refractivity contribution >= 4 is 23.9 Å². The second-order valence-electron chi connectivity index (χ2n) is 18.4. The summed E-state index contributed by atoms with van der Waals surface area (Å²) in [4.78, 5) is 47.5. The Morgan fingerprint density at radius 1 is 1.13 bits per heavy atom. The number of aliphatic hydroxyl groups is 1. The molecule has 12 heteroatoms. The Hall–Kier alpha value is -2.87. The number of epoxide rings is 1. The lowest BCUT2D eigenvalue weighted by Gasteiger charge is -2.53. The second-order valence-corrected chi connectivity index (χ2v) is 18.4. The maximum absolute atomic E-state index is 14.5. The number of ether oxygens (including phenoxy) is 5. The quantitative estimate of drug-likeness (QED) is 0.271. The normalized spacial score (nSPS) is 39.6. The minimum Gasteiger partial charge on any atom is -0.460 e. The Labute approximate surface area is 312 Å². The number of benzene rings is 1. The van der Waals surface area contributed by atoms with Gasteiger partial charge in [-0.2, -0.15) is 5.06 Å². The van der Waals surface area contributed by atoms with Crippen LogP contribution < -0.4 is 5.32 Å². The summed E-state index contributed by atoms with van der Waals surface area (Å²) >= 11 is 0. The van der Waals surface area contributed by atoms with E-state index in [1.165, 1.54) is 18.4 Å². The third-order valence-electron chi connectivity index (χ3n) is 13.2. The minimum absolute atomic E-state index is 0.00260. The lowest BCUT2D eigenvalue weighted by molar-refractivity contribution is -0.201. The number of aliphatic hydroxyl groups excluding tert-OH is 1.